The van der Waals surface area contributed by atoms with Crippen LogP contribution in [0.1, 0.15) is 6.92 Å². The molecule has 0 aliphatic heterocycles. The number of rotatable bonds is 2. The second-order valence-electron chi connectivity index (χ2n) is 1.89. The van der Waals surface area contributed by atoms with Gasteiger partial charge in [-0.05, 0) is 35.0 Å². The highest BCUT2D eigenvalue weighted by Gasteiger charge is 1.88. The molecule has 0 bridgehead atoms. The Bertz CT molecular complexity index is 195. The van der Waals surface area contributed by atoms with Crippen molar-refractivity contribution in [3.05, 3.63) is 22.8 Å². The van der Waals surface area contributed by atoms with Crippen molar-refractivity contribution in [2.24, 2.45) is 0 Å². The van der Waals surface area contributed by atoms with Crippen LogP contribution in [-0.2, 0) is 0 Å². The van der Waals surface area contributed by atoms with Gasteiger partial charge in [-0.1, -0.05) is 0 Å². The summed E-state index contributed by atoms with van der Waals surface area (Å²) in [4.78, 5) is 4.11. The first-order valence-corrected chi connectivity index (χ1v) is 3.97. The monoisotopic (exact) mass is 200 g/mol. The number of nitrogens with one attached hydrogen (secondary N) is 1. The third kappa shape index (κ3) is 1.99. The maximum absolute atomic E-state index is 4.11. The number of hydrogen-bond donors (Lipinski definition) is 1. The van der Waals surface area contributed by atoms with Gasteiger partial charge in [0.25, 0.3) is 0 Å². The van der Waals surface area contributed by atoms with Crippen LogP contribution in [0.25, 0.3) is 0 Å². The minimum absolute atomic E-state index is 0.911. The summed E-state index contributed by atoms with van der Waals surface area (Å²) in [5.74, 6) is 0.922. The first kappa shape index (κ1) is 7.54. The van der Waals surface area contributed by atoms with Gasteiger partial charge >= 0.3 is 0 Å². The predicted octanol–water partition coefficient (Wildman–Crippen LogP) is 2.28. The van der Waals surface area contributed by atoms with Crippen LogP contribution in [0, 0.1) is 0 Å². The van der Waals surface area contributed by atoms with Gasteiger partial charge < -0.3 is 5.32 Å². The van der Waals surface area contributed by atoms with Crippen molar-refractivity contribution in [2.75, 3.05) is 11.9 Å². The highest BCUT2D eigenvalue weighted by molar-refractivity contribution is 9.10. The molecule has 0 atom stereocenters. The number of aromatic nitrogens is 1. The molecule has 1 N–H and O–H groups in total. The average Bonchev–Trinajstić information content (AvgIpc) is 1.95. The summed E-state index contributed by atoms with van der Waals surface area (Å²) in [5.41, 5.74) is 0. The Balaban J connectivity index is 2.69. The van der Waals surface area contributed by atoms with Crippen LogP contribution in [0.2, 0.25) is 0 Å². The molecule has 1 heterocycles. The zero-order valence-corrected chi connectivity index (χ0v) is 7.35. The van der Waals surface area contributed by atoms with E-state index in [4.69, 9.17) is 0 Å². The second kappa shape index (κ2) is 3.56. The van der Waals surface area contributed by atoms with Gasteiger partial charge in [-0.2, -0.15) is 0 Å². The third-order valence-corrected chi connectivity index (χ3v) is 1.55. The summed E-state index contributed by atoms with van der Waals surface area (Å²) < 4.78 is 1.01. The van der Waals surface area contributed by atoms with Gasteiger partial charge in [0.05, 0.1) is 0 Å². The van der Waals surface area contributed by atoms with E-state index in [9.17, 15) is 0 Å². The fourth-order valence-corrected chi connectivity index (χ4v) is 0.896. The van der Waals surface area contributed by atoms with Crippen LogP contribution < -0.4 is 5.32 Å². The number of anilines is 1. The van der Waals surface area contributed by atoms with Crippen LogP contribution in [0.15, 0.2) is 22.8 Å². The maximum Gasteiger partial charge on any atom is 0.125 e. The first-order chi connectivity index (χ1) is 4.83. The van der Waals surface area contributed by atoms with Crippen molar-refractivity contribution in [1.29, 1.82) is 0 Å². The second-order valence-corrected chi connectivity index (χ2v) is 2.81. The average molecular weight is 201 g/mol. The standard InChI is InChI=1S/C7H9BrN2/c1-2-9-7-4-3-6(8)5-10-7/h3-5H,2H2,1H3,(H,9,10). The van der Waals surface area contributed by atoms with E-state index in [1.54, 1.807) is 6.20 Å². The Morgan fingerprint density at radius 2 is 2.40 bits per heavy atom. The molecule has 1 aromatic heterocycles. The maximum atomic E-state index is 4.11. The lowest BCUT2D eigenvalue weighted by Crippen LogP contribution is -1.97. The lowest BCUT2D eigenvalue weighted by molar-refractivity contribution is 1.16. The molecule has 0 aliphatic carbocycles. The fraction of sp³-hybridized carbons (Fsp3) is 0.286. The predicted molar refractivity (Wildman–Crippen MR) is 46.1 cm³/mol. The minimum Gasteiger partial charge on any atom is -0.370 e. The summed E-state index contributed by atoms with van der Waals surface area (Å²) in [5, 5.41) is 3.10. The molecule has 54 valence electrons. The molecule has 0 amide bonds. The molecule has 0 saturated carbocycles. The Hall–Kier alpha value is -0.570. The van der Waals surface area contributed by atoms with Crippen LogP contribution >= 0.6 is 15.9 Å². The van der Waals surface area contributed by atoms with E-state index in [1.807, 2.05) is 19.1 Å². The van der Waals surface area contributed by atoms with Crippen molar-refractivity contribution in [3.8, 4) is 0 Å². The van der Waals surface area contributed by atoms with Crippen molar-refractivity contribution < 1.29 is 0 Å². The van der Waals surface area contributed by atoms with Crippen molar-refractivity contribution >= 4 is 21.7 Å². The molecule has 0 radical (unpaired) electrons. The van der Waals surface area contributed by atoms with E-state index in [0.29, 0.717) is 0 Å². The van der Waals surface area contributed by atoms with E-state index in [0.717, 1.165) is 16.8 Å². The van der Waals surface area contributed by atoms with E-state index >= 15 is 0 Å². The summed E-state index contributed by atoms with van der Waals surface area (Å²) in [6.07, 6.45) is 1.78. The first-order valence-electron chi connectivity index (χ1n) is 3.18. The number of hydrogen-bond acceptors (Lipinski definition) is 2. The quantitative estimate of drug-likeness (QED) is 0.793. The van der Waals surface area contributed by atoms with E-state index in [1.165, 1.54) is 0 Å². The zero-order valence-electron chi connectivity index (χ0n) is 5.76. The largest absolute Gasteiger partial charge is 0.370 e. The summed E-state index contributed by atoms with van der Waals surface area (Å²) in [7, 11) is 0. The topological polar surface area (TPSA) is 24.9 Å². The van der Waals surface area contributed by atoms with Crippen molar-refractivity contribution in [2.45, 2.75) is 6.92 Å². The molecule has 1 rings (SSSR count). The zero-order chi connectivity index (χ0) is 7.40. The Kier molecular flexibility index (Phi) is 2.68. The van der Waals surface area contributed by atoms with Gasteiger partial charge in [-0.15, -0.1) is 0 Å². The SMILES string of the molecule is CCNc1ccc(Br)cn1. The molecule has 0 unspecified atom stereocenters. The molecule has 0 aliphatic rings. The molecule has 0 saturated heterocycles. The molecule has 0 fully saturated rings. The lowest BCUT2D eigenvalue weighted by atomic mass is 10.4. The molecule has 10 heavy (non-hydrogen) atoms. The summed E-state index contributed by atoms with van der Waals surface area (Å²) in [6.45, 7) is 2.96. The number of pyridine rings is 1. The van der Waals surface area contributed by atoms with Crippen LogP contribution in [-0.4, -0.2) is 11.5 Å². The third-order valence-electron chi connectivity index (χ3n) is 1.09. The summed E-state index contributed by atoms with van der Waals surface area (Å²) >= 11 is 3.31. The molecule has 0 aromatic carbocycles. The van der Waals surface area contributed by atoms with Gasteiger partial charge in [0.1, 0.15) is 5.82 Å². The van der Waals surface area contributed by atoms with Crippen LogP contribution in [0.4, 0.5) is 5.82 Å². The Morgan fingerprint density at radius 3 is 2.90 bits per heavy atom. The van der Waals surface area contributed by atoms with Gasteiger partial charge in [0.15, 0.2) is 0 Å². The highest BCUT2D eigenvalue weighted by Crippen LogP contribution is 2.09. The molecule has 3 heteroatoms. The van der Waals surface area contributed by atoms with Crippen LogP contribution in [0.5, 0.6) is 0 Å². The smallest absolute Gasteiger partial charge is 0.125 e. The Morgan fingerprint density at radius 1 is 1.60 bits per heavy atom. The molecule has 1 aromatic rings. The summed E-state index contributed by atoms with van der Waals surface area (Å²) in [6, 6.07) is 3.90. The van der Waals surface area contributed by atoms with Gasteiger partial charge in [-0.3, -0.25) is 0 Å². The van der Waals surface area contributed by atoms with Gasteiger partial charge in [0.2, 0.25) is 0 Å². The van der Waals surface area contributed by atoms with E-state index in [2.05, 4.69) is 26.2 Å². The van der Waals surface area contributed by atoms with Crippen molar-refractivity contribution in [1.82, 2.24) is 4.98 Å². The Labute approximate surface area is 68.8 Å². The molecule has 2 nitrogen and oxygen atoms in total. The number of nitrogens with zero attached hydrogens (tertiary/aromatic N) is 1. The molecule has 0 spiro atoms. The molecular formula is C7H9BrN2. The van der Waals surface area contributed by atoms with Crippen LogP contribution in [0.3, 0.4) is 0 Å². The van der Waals surface area contributed by atoms with E-state index in [-0.39, 0.29) is 0 Å². The molecular weight excluding hydrogens is 192 g/mol. The normalized spacial score (nSPS) is 9.40. The van der Waals surface area contributed by atoms with Crippen molar-refractivity contribution in [3.63, 3.8) is 0 Å². The lowest BCUT2D eigenvalue weighted by Gasteiger charge is -1.99. The highest BCUT2D eigenvalue weighted by atomic mass is 79.9. The van der Waals surface area contributed by atoms with E-state index < -0.39 is 0 Å². The minimum atomic E-state index is 0.911. The fourth-order valence-electron chi connectivity index (χ4n) is 0.662. The number of halogens is 1. The van der Waals surface area contributed by atoms with Gasteiger partial charge in [-0.25, -0.2) is 4.98 Å². The van der Waals surface area contributed by atoms with Gasteiger partial charge in [0, 0.05) is 17.2 Å².